The van der Waals surface area contributed by atoms with Gasteiger partial charge in [-0.1, -0.05) is 66.7 Å². The van der Waals surface area contributed by atoms with Gasteiger partial charge in [0, 0.05) is 12.0 Å². The second kappa shape index (κ2) is 9.77. The first kappa shape index (κ1) is 22.4. The molecule has 0 aliphatic carbocycles. The molecule has 7 heteroatoms. The number of esters is 2. The summed E-state index contributed by atoms with van der Waals surface area (Å²) in [5, 5.41) is 11.0. The minimum absolute atomic E-state index is 0.245. The molecule has 1 heterocycles. The van der Waals surface area contributed by atoms with Crippen LogP contribution >= 0.6 is 0 Å². The Morgan fingerprint density at radius 1 is 0.788 bits per heavy atom. The number of carbonyl (C=O) groups excluding carboxylic acids is 3. The Morgan fingerprint density at radius 3 is 1.82 bits per heavy atom. The van der Waals surface area contributed by atoms with Gasteiger partial charge < -0.3 is 19.3 Å². The van der Waals surface area contributed by atoms with Gasteiger partial charge in [0.2, 0.25) is 11.6 Å². The maximum atomic E-state index is 13.0. The van der Waals surface area contributed by atoms with Crippen molar-refractivity contribution in [2.75, 3.05) is 6.61 Å². The van der Waals surface area contributed by atoms with Crippen LogP contribution in [0.25, 0.3) is 0 Å². The highest BCUT2D eigenvalue weighted by molar-refractivity contribution is 6.01. The zero-order chi connectivity index (χ0) is 23.3. The van der Waals surface area contributed by atoms with Crippen LogP contribution in [0.2, 0.25) is 0 Å². The number of benzene rings is 3. The van der Waals surface area contributed by atoms with Gasteiger partial charge in [0.25, 0.3) is 0 Å². The molecule has 1 N–H and O–H groups in total. The van der Waals surface area contributed by atoms with Crippen LogP contribution in [0.1, 0.15) is 37.5 Å². The van der Waals surface area contributed by atoms with Crippen LogP contribution in [0.5, 0.6) is 0 Å². The van der Waals surface area contributed by atoms with E-state index in [0.29, 0.717) is 11.1 Å². The number of aliphatic hydroxyl groups is 1. The van der Waals surface area contributed by atoms with E-state index >= 15 is 0 Å². The first-order chi connectivity index (χ1) is 16.0. The van der Waals surface area contributed by atoms with Crippen LogP contribution < -0.4 is 0 Å². The minimum atomic E-state index is -2.23. The molecule has 1 unspecified atom stereocenters. The molecule has 0 amide bonds. The fourth-order valence-electron chi connectivity index (χ4n) is 3.59. The lowest BCUT2D eigenvalue weighted by Gasteiger charge is -2.21. The first-order valence-electron chi connectivity index (χ1n) is 10.4. The number of rotatable bonds is 7. The molecule has 0 aromatic heterocycles. The molecule has 1 aliphatic rings. The molecule has 1 fully saturated rings. The van der Waals surface area contributed by atoms with Gasteiger partial charge in [-0.25, -0.2) is 9.59 Å². The average molecular weight is 446 g/mol. The molecule has 3 aromatic rings. The van der Waals surface area contributed by atoms with Crippen LogP contribution in [0.4, 0.5) is 0 Å². The standard InChI is InChI=1S/C26H22O7/c27-23(18-10-4-1-5-11-18)26(30)16-21(32-25(29)20-14-8-3-9-15-20)22(33-26)17-31-24(28)19-12-6-2-7-13-19/h1-15,21-22,30H,16-17H2/t21-,22+,26?/m1/s1. The summed E-state index contributed by atoms with van der Waals surface area (Å²) in [6.07, 6.45) is -2.35. The van der Waals surface area contributed by atoms with Crippen molar-refractivity contribution in [3.8, 4) is 0 Å². The number of ether oxygens (including phenoxy) is 3. The molecule has 0 radical (unpaired) electrons. The van der Waals surface area contributed by atoms with E-state index < -0.39 is 35.7 Å². The van der Waals surface area contributed by atoms with Gasteiger partial charge in [0.15, 0.2) is 0 Å². The topological polar surface area (TPSA) is 99.1 Å². The molecule has 1 saturated heterocycles. The van der Waals surface area contributed by atoms with Gasteiger partial charge in [-0.3, -0.25) is 4.79 Å². The Hall–Kier alpha value is -3.81. The smallest absolute Gasteiger partial charge is 0.338 e. The minimum Gasteiger partial charge on any atom is -0.459 e. The second-order valence-corrected chi connectivity index (χ2v) is 7.61. The Kier molecular flexibility index (Phi) is 6.63. The zero-order valence-electron chi connectivity index (χ0n) is 17.6. The molecule has 3 atom stereocenters. The Morgan fingerprint density at radius 2 is 1.27 bits per heavy atom. The lowest BCUT2D eigenvalue weighted by atomic mass is 9.99. The van der Waals surface area contributed by atoms with Crippen molar-refractivity contribution in [3.05, 3.63) is 108 Å². The normalized spacial score (nSPS) is 21.8. The van der Waals surface area contributed by atoms with Gasteiger partial charge >= 0.3 is 11.9 Å². The van der Waals surface area contributed by atoms with Crippen LogP contribution in [0, 0.1) is 0 Å². The van der Waals surface area contributed by atoms with Crippen molar-refractivity contribution in [1.82, 2.24) is 0 Å². The van der Waals surface area contributed by atoms with Gasteiger partial charge in [0.1, 0.15) is 18.8 Å². The summed E-state index contributed by atoms with van der Waals surface area (Å²) in [6, 6.07) is 24.9. The van der Waals surface area contributed by atoms with E-state index in [1.54, 1.807) is 91.0 Å². The summed E-state index contributed by atoms with van der Waals surface area (Å²) in [4.78, 5) is 37.9. The van der Waals surface area contributed by atoms with Crippen molar-refractivity contribution in [1.29, 1.82) is 0 Å². The molecule has 168 valence electrons. The van der Waals surface area contributed by atoms with Gasteiger partial charge in [-0.2, -0.15) is 0 Å². The fraction of sp³-hybridized carbons (Fsp3) is 0.192. The van der Waals surface area contributed by atoms with E-state index in [9.17, 15) is 19.5 Å². The van der Waals surface area contributed by atoms with Gasteiger partial charge in [0.05, 0.1) is 11.1 Å². The van der Waals surface area contributed by atoms with Crippen molar-refractivity contribution >= 4 is 17.7 Å². The van der Waals surface area contributed by atoms with Crippen LogP contribution in [0.3, 0.4) is 0 Å². The summed E-state index contributed by atoms with van der Waals surface area (Å²) in [7, 11) is 0. The molecule has 4 rings (SSSR count). The molecule has 1 aliphatic heterocycles. The third-order valence-electron chi connectivity index (χ3n) is 5.29. The van der Waals surface area contributed by atoms with Crippen molar-refractivity contribution < 1.29 is 33.7 Å². The van der Waals surface area contributed by atoms with E-state index in [2.05, 4.69) is 0 Å². The largest absolute Gasteiger partial charge is 0.459 e. The van der Waals surface area contributed by atoms with Crippen LogP contribution in [-0.4, -0.2) is 47.4 Å². The zero-order valence-corrected chi connectivity index (χ0v) is 17.6. The van der Waals surface area contributed by atoms with E-state index in [0.717, 1.165) is 0 Å². The molecule has 33 heavy (non-hydrogen) atoms. The predicted molar refractivity (Wildman–Crippen MR) is 118 cm³/mol. The average Bonchev–Trinajstić information content (AvgIpc) is 3.19. The summed E-state index contributed by atoms with van der Waals surface area (Å²) in [6.45, 7) is -0.315. The Balaban J connectivity index is 1.52. The summed E-state index contributed by atoms with van der Waals surface area (Å²) in [5.41, 5.74) is 0.890. The number of hydrogen-bond donors (Lipinski definition) is 1. The van der Waals surface area contributed by atoms with Gasteiger partial charge in [-0.15, -0.1) is 0 Å². The molecule has 0 saturated carbocycles. The Bertz CT molecular complexity index is 1120. The maximum Gasteiger partial charge on any atom is 0.338 e. The summed E-state index contributed by atoms with van der Waals surface area (Å²) >= 11 is 0. The monoisotopic (exact) mass is 446 g/mol. The molecule has 7 nitrogen and oxygen atoms in total. The molecular weight excluding hydrogens is 424 g/mol. The van der Waals surface area contributed by atoms with E-state index in [-0.39, 0.29) is 18.6 Å². The highest BCUT2D eigenvalue weighted by Crippen LogP contribution is 2.34. The van der Waals surface area contributed by atoms with E-state index in [1.807, 2.05) is 0 Å². The van der Waals surface area contributed by atoms with Crippen LogP contribution in [-0.2, 0) is 14.2 Å². The summed E-state index contributed by atoms with van der Waals surface area (Å²) < 4.78 is 16.5. The van der Waals surface area contributed by atoms with E-state index in [1.165, 1.54) is 0 Å². The Labute approximate surface area is 190 Å². The number of ketones is 1. The molecule has 0 bridgehead atoms. The van der Waals surface area contributed by atoms with Crippen LogP contribution in [0.15, 0.2) is 91.0 Å². The number of carbonyl (C=O) groups is 3. The van der Waals surface area contributed by atoms with Gasteiger partial charge in [-0.05, 0) is 24.3 Å². The number of hydrogen-bond acceptors (Lipinski definition) is 7. The second-order valence-electron chi connectivity index (χ2n) is 7.61. The lowest BCUT2D eigenvalue weighted by Crippen LogP contribution is -2.39. The third kappa shape index (κ3) is 5.16. The first-order valence-corrected chi connectivity index (χ1v) is 10.4. The molecule has 3 aromatic carbocycles. The quantitative estimate of drug-likeness (QED) is 0.438. The molecular formula is C26H22O7. The fourth-order valence-corrected chi connectivity index (χ4v) is 3.59. The molecule has 0 spiro atoms. The van der Waals surface area contributed by atoms with E-state index in [4.69, 9.17) is 14.2 Å². The summed E-state index contributed by atoms with van der Waals surface area (Å²) in [5.74, 6) is -4.13. The van der Waals surface area contributed by atoms with Crippen molar-refractivity contribution in [2.45, 2.75) is 24.4 Å². The SMILES string of the molecule is O=C(OC[C@@H]1OC(O)(C(=O)c2ccccc2)C[C@H]1OC(=O)c1ccccc1)c1ccccc1. The number of Topliss-reactive ketones (excluding diaryl/α,β-unsaturated/α-hetero) is 1. The highest BCUT2D eigenvalue weighted by atomic mass is 16.7. The maximum absolute atomic E-state index is 13.0. The lowest BCUT2D eigenvalue weighted by molar-refractivity contribution is -0.164. The van der Waals surface area contributed by atoms with Crippen molar-refractivity contribution in [3.63, 3.8) is 0 Å². The predicted octanol–water partition coefficient (Wildman–Crippen LogP) is 3.43. The van der Waals surface area contributed by atoms with Crippen molar-refractivity contribution in [2.24, 2.45) is 0 Å². The highest BCUT2D eigenvalue weighted by Gasteiger charge is 2.52. The third-order valence-corrected chi connectivity index (χ3v) is 5.29.